The van der Waals surface area contributed by atoms with Gasteiger partial charge in [0.05, 0.1) is 27.4 Å². The molecule has 0 aliphatic carbocycles. The molecule has 4 rings (SSSR count). The summed E-state index contributed by atoms with van der Waals surface area (Å²) in [5, 5.41) is 26.3. The first-order chi connectivity index (χ1) is 20.1. The minimum atomic E-state index is -4.29. The highest BCUT2D eigenvalue weighted by Gasteiger charge is 2.36. The van der Waals surface area contributed by atoms with Crippen molar-refractivity contribution in [2.45, 2.75) is 38.2 Å². The minimum absolute atomic E-state index is 0.0861. The zero-order chi connectivity index (χ0) is 30.4. The summed E-state index contributed by atoms with van der Waals surface area (Å²) in [5.74, 6) is 0.955. The number of rotatable bonds is 13. The van der Waals surface area contributed by atoms with Gasteiger partial charge in [0.1, 0.15) is 34.6 Å². The van der Waals surface area contributed by atoms with Crippen LogP contribution in [-0.2, 0) is 14.8 Å². The van der Waals surface area contributed by atoms with Crippen molar-refractivity contribution in [3.8, 4) is 28.6 Å². The van der Waals surface area contributed by atoms with E-state index in [2.05, 4.69) is 29.9 Å². The largest absolute Gasteiger partial charge is 0.494 e. The number of ether oxygens (including phenoxy) is 3. The molecule has 0 aliphatic rings. The molecule has 15 heteroatoms. The maximum Gasteiger partial charge on any atom is 0.243 e. The zero-order valence-corrected chi connectivity index (χ0v) is 24.6. The van der Waals surface area contributed by atoms with Gasteiger partial charge in [-0.2, -0.15) is 0 Å². The fourth-order valence-corrected chi connectivity index (χ4v) is 5.20. The monoisotopic (exact) mass is 599 g/mol. The number of hydrogen-bond acceptors (Lipinski definition) is 12. The molecule has 42 heavy (non-hydrogen) atoms. The van der Waals surface area contributed by atoms with Crippen LogP contribution in [0.2, 0.25) is 0 Å². The standard InChI is InChI=1S/C27H33N7O7S/c1-16-9-19(13-28-10-16)26-31-32-27(34(26)23-21(39-4)7-6-8-22(23)40-5)33-42(37,38)18(3)24(41-15-20(36)14-35)25-29-11-17(2)12-30-25/h6-13,18,20,24,35-36H,14-15H2,1-5H3,(H,32,33)/t18-,20-,24+/m0/s1. The summed E-state index contributed by atoms with van der Waals surface area (Å²) < 4.78 is 48.7. The molecule has 1 aromatic carbocycles. The van der Waals surface area contributed by atoms with Crippen LogP contribution in [-0.4, -0.2) is 87.1 Å². The van der Waals surface area contributed by atoms with Crippen LogP contribution in [0.15, 0.2) is 49.1 Å². The highest BCUT2D eigenvalue weighted by Crippen LogP contribution is 2.38. The van der Waals surface area contributed by atoms with Gasteiger partial charge >= 0.3 is 0 Å². The van der Waals surface area contributed by atoms with Gasteiger partial charge in [0, 0.05) is 30.4 Å². The van der Waals surface area contributed by atoms with E-state index in [0.717, 1.165) is 11.1 Å². The van der Waals surface area contributed by atoms with E-state index < -0.39 is 34.1 Å². The normalized spacial score (nSPS) is 13.8. The van der Waals surface area contributed by atoms with E-state index in [1.807, 2.05) is 13.0 Å². The molecule has 0 radical (unpaired) electrons. The summed E-state index contributed by atoms with van der Waals surface area (Å²) in [6.45, 7) is 4.15. The number of benzene rings is 1. The van der Waals surface area contributed by atoms with Crippen molar-refractivity contribution in [1.82, 2.24) is 29.7 Å². The number of pyridine rings is 1. The molecule has 3 N–H and O–H groups in total. The van der Waals surface area contributed by atoms with E-state index in [0.29, 0.717) is 22.7 Å². The van der Waals surface area contributed by atoms with Crippen molar-refractivity contribution in [1.29, 1.82) is 0 Å². The number of aryl methyl sites for hydroxylation is 2. The smallest absolute Gasteiger partial charge is 0.243 e. The average Bonchev–Trinajstić information content (AvgIpc) is 3.39. The zero-order valence-electron chi connectivity index (χ0n) is 23.8. The van der Waals surface area contributed by atoms with Crippen molar-refractivity contribution in [3.63, 3.8) is 0 Å². The van der Waals surface area contributed by atoms with E-state index >= 15 is 0 Å². The van der Waals surface area contributed by atoms with E-state index in [-0.39, 0.29) is 24.2 Å². The SMILES string of the molecule is COc1cccc(OC)c1-n1c(NS(=O)(=O)[C@@H](C)[C@@H](OC[C@@H](O)CO)c2ncc(C)cn2)nnc1-c1cncc(C)c1. The highest BCUT2D eigenvalue weighted by atomic mass is 32.2. The lowest BCUT2D eigenvalue weighted by molar-refractivity contribution is -0.0324. The molecule has 0 spiro atoms. The molecule has 3 heterocycles. The van der Waals surface area contributed by atoms with Crippen LogP contribution in [0, 0.1) is 13.8 Å². The molecule has 0 bridgehead atoms. The second-order valence-electron chi connectivity index (χ2n) is 9.51. The predicted octanol–water partition coefficient (Wildman–Crippen LogP) is 1.99. The number of sulfonamides is 1. The number of nitrogens with zero attached hydrogens (tertiary/aromatic N) is 6. The van der Waals surface area contributed by atoms with Crippen LogP contribution in [0.3, 0.4) is 0 Å². The second-order valence-corrected chi connectivity index (χ2v) is 11.5. The second kappa shape index (κ2) is 13.2. The number of aromatic nitrogens is 6. The van der Waals surface area contributed by atoms with Crippen LogP contribution in [0.25, 0.3) is 17.1 Å². The predicted molar refractivity (Wildman–Crippen MR) is 153 cm³/mol. The summed E-state index contributed by atoms with van der Waals surface area (Å²) in [7, 11) is -1.33. The highest BCUT2D eigenvalue weighted by molar-refractivity contribution is 7.93. The van der Waals surface area contributed by atoms with Crippen LogP contribution < -0.4 is 14.2 Å². The van der Waals surface area contributed by atoms with Gasteiger partial charge in [0.25, 0.3) is 0 Å². The first-order valence-corrected chi connectivity index (χ1v) is 14.4. The summed E-state index contributed by atoms with van der Waals surface area (Å²) in [6.07, 6.45) is 3.89. The first kappa shape index (κ1) is 30.8. The summed E-state index contributed by atoms with van der Waals surface area (Å²) in [4.78, 5) is 12.7. The number of hydrogen-bond donors (Lipinski definition) is 3. The minimum Gasteiger partial charge on any atom is -0.494 e. The molecule has 0 aliphatic heterocycles. The van der Waals surface area contributed by atoms with Crippen molar-refractivity contribution < 1.29 is 32.8 Å². The van der Waals surface area contributed by atoms with Gasteiger partial charge in [0.2, 0.25) is 16.0 Å². The van der Waals surface area contributed by atoms with Gasteiger partial charge < -0.3 is 24.4 Å². The molecule has 0 saturated heterocycles. The fraction of sp³-hybridized carbons (Fsp3) is 0.370. The molecule has 3 aromatic heterocycles. The fourth-order valence-electron chi connectivity index (χ4n) is 4.10. The quantitative estimate of drug-likeness (QED) is 0.203. The molecule has 14 nitrogen and oxygen atoms in total. The summed E-state index contributed by atoms with van der Waals surface area (Å²) in [6, 6.07) is 6.96. The Hall–Kier alpha value is -4.18. The Labute approximate surface area is 243 Å². The number of anilines is 1. The van der Waals surface area contributed by atoms with Crippen LogP contribution in [0.4, 0.5) is 5.95 Å². The van der Waals surface area contributed by atoms with Crippen LogP contribution in [0.1, 0.15) is 30.0 Å². The average molecular weight is 600 g/mol. The number of aliphatic hydroxyl groups excluding tert-OH is 2. The third-order valence-corrected chi connectivity index (χ3v) is 8.00. The van der Waals surface area contributed by atoms with Crippen LogP contribution >= 0.6 is 0 Å². The Morgan fingerprint density at radius 2 is 1.67 bits per heavy atom. The molecule has 3 atom stereocenters. The maximum atomic E-state index is 13.9. The van der Waals surface area contributed by atoms with Gasteiger partial charge in [-0.3, -0.25) is 14.3 Å². The van der Waals surface area contributed by atoms with Crippen molar-refractivity contribution in [2.75, 3.05) is 32.2 Å². The Bertz CT molecular complexity index is 1590. The molecule has 224 valence electrons. The van der Waals surface area contributed by atoms with E-state index in [9.17, 15) is 18.6 Å². The molecule has 0 unspecified atom stereocenters. The Morgan fingerprint density at radius 1 is 1.00 bits per heavy atom. The van der Waals surface area contributed by atoms with Crippen molar-refractivity contribution in [2.24, 2.45) is 0 Å². The molecule has 4 aromatic rings. The van der Waals surface area contributed by atoms with E-state index in [1.54, 1.807) is 37.5 Å². The Balaban J connectivity index is 1.82. The van der Waals surface area contributed by atoms with Gasteiger partial charge in [-0.05, 0) is 50.1 Å². The lowest BCUT2D eigenvalue weighted by Gasteiger charge is -2.25. The molecule has 0 amide bonds. The summed E-state index contributed by atoms with van der Waals surface area (Å²) >= 11 is 0. The van der Waals surface area contributed by atoms with Crippen LogP contribution in [0.5, 0.6) is 11.5 Å². The Morgan fingerprint density at radius 3 is 2.26 bits per heavy atom. The number of nitrogens with one attached hydrogen (secondary N) is 1. The molecular weight excluding hydrogens is 566 g/mol. The number of methoxy groups -OCH3 is 2. The van der Waals surface area contributed by atoms with Gasteiger partial charge in [0.15, 0.2) is 11.6 Å². The Kier molecular flexibility index (Phi) is 9.67. The topological polar surface area (TPSA) is 184 Å². The maximum absolute atomic E-state index is 13.9. The van der Waals surface area contributed by atoms with E-state index in [1.165, 1.54) is 38.1 Å². The van der Waals surface area contributed by atoms with Crippen molar-refractivity contribution >= 4 is 16.0 Å². The lowest BCUT2D eigenvalue weighted by Crippen LogP contribution is -2.35. The first-order valence-electron chi connectivity index (χ1n) is 12.9. The summed E-state index contributed by atoms with van der Waals surface area (Å²) in [5.41, 5.74) is 2.54. The molecule has 0 fully saturated rings. The van der Waals surface area contributed by atoms with Crippen molar-refractivity contribution in [3.05, 3.63) is 66.0 Å². The third kappa shape index (κ3) is 6.65. The molecular formula is C27H33N7O7S. The van der Waals surface area contributed by atoms with Gasteiger partial charge in [-0.1, -0.05) is 6.07 Å². The van der Waals surface area contributed by atoms with Gasteiger partial charge in [-0.15, -0.1) is 10.2 Å². The number of aliphatic hydroxyl groups is 2. The van der Waals surface area contributed by atoms with E-state index in [4.69, 9.17) is 14.2 Å². The number of para-hydroxylation sites is 1. The van der Waals surface area contributed by atoms with Gasteiger partial charge in [-0.25, -0.2) is 18.4 Å². The lowest BCUT2D eigenvalue weighted by atomic mass is 10.2. The molecule has 0 saturated carbocycles. The third-order valence-electron chi connectivity index (χ3n) is 6.31.